The third-order valence-corrected chi connectivity index (χ3v) is 4.60. The van der Waals surface area contributed by atoms with Crippen molar-refractivity contribution in [1.29, 1.82) is 0 Å². The van der Waals surface area contributed by atoms with E-state index in [1.807, 2.05) is 25.1 Å². The summed E-state index contributed by atoms with van der Waals surface area (Å²) in [6, 6.07) is 11.6. The molecule has 1 amide bonds. The van der Waals surface area contributed by atoms with Crippen LogP contribution in [0.25, 0.3) is 10.2 Å². The van der Waals surface area contributed by atoms with Gasteiger partial charge in [-0.25, -0.2) is 9.37 Å². The molecule has 2 aromatic carbocycles. The zero-order valence-corrected chi connectivity index (χ0v) is 15.3. The molecule has 1 heterocycles. The molecule has 7 heteroatoms. The molecule has 136 valence electrons. The van der Waals surface area contributed by atoms with Crippen molar-refractivity contribution < 1.29 is 18.7 Å². The zero-order valence-electron chi connectivity index (χ0n) is 14.5. The third-order valence-electron chi connectivity index (χ3n) is 3.67. The van der Waals surface area contributed by atoms with Gasteiger partial charge < -0.3 is 9.47 Å². The van der Waals surface area contributed by atoms with Gasteiger partial charge in [0.05, 0.1) is 16.8 Å². The SMILES string of the molecule is CCOc1ccc2nc(NC(=O)C(CC)Oc3ccccc3F)sc2c1. The molecular formula is C19H19FN2O3S. The highest BCUT2D eigenvalue weighted by Gasteiger charge is 2.21. The maximum absolute atomic E-state index is 13.7. The summed E-state index contributed by atoms with van der Waals surface area (Å²) in [5, 5.41) is 3.22. The van der Waals surface area contributed by atoms with Crippen LogP contribution in [0, 0.1) is 5.82 Å². The van der Waals surface area contributed by atoms with Crippen molar-refractivity contribution in [3.63, 3.8) is 0 Å². The van der Waals surface area contributed by atoms with Crippen molar-refractivity contribution in [3.8, 4) is 11.5 Å². The normalized spacial score (nSPS) is 12.0. The average molecular weight is 374 g/mol. The number of benzene rings is 2. The van der Waals surface area contributed by atoms with Gasteiger partial charge in [0.2, 0.25) is 0 Å². The Morgan fingerprint density at radius 2 is 2.08 bits per heavy atom. The first-order valence-corrected chi connectivity index (χ1v) is 9.17. The van der Waals surface area contributed by atoms with Gasteiger partial charge in [-0.1, -0.05) is 30.4 Å². The molecule has 5 nitrogen and oxygen atoms in total. The van der Waals surface area contributed by atoms with E-state index in [1.165, 1.54) is 23.5 Å². The van der Waals surface area contributed by atoms with Crippen molar-refractivity contribution in [3.05, 3.63) is 48.3 Å². The van der Waals surface area contributed by atoms with Crippen molar-refractivity contribution in [2.75, 3.05) is 11.9 Å². The molecule has 3 rings (SSSR count). The van der Waals surface area contributed by atoms with E-state index < -0.39 is 11.9 Å². The summed E-state index contributed by atoms with van der Waals surface area (Å²) in [6.45, 7) is 4.31. The van der Waals surface area contributed by atoms with Crippen molar-refractivity contribution in [2.24, 2.45) is 0 Å². The highest BCUT2D eigenvalue weighted by molar-refractivity contribution is 7.22. The van der Waals surface area contributed by atoms with Crippen LogP contribution in [0.5, 0.6) is 11.5 Å². The molecular weight excluding hydrogens is 355 g/mol. The molecule has 0 saturated heterocycles. The molecule has 0 aliphatic heterocycles. The van der Waals surface area contributed by atoms with Crippen LogP contribution in [0.2, 0.25) is 0 Å². The number of nitrogens with zero attached hydrogens (tertiary/aromatic N) is 1. The van der Waals surface area contributed by atoms with E-state index in [1.54, 1.807) is 19.1 Å². The Labute approximate surface area is 154 Å². The van der Waals surface area contributed by atoms with Gasteiger partial charge in [-0.05, 0) is 43.7 Å². The van der Waals surface area contributed by atoms with Gasteiger partial charge in [0, 0.05) is 0 Å². The minimum absolute atomic E-state index is 0.0557. The van der Waals surface area contributed by atoms with Gasteiger partial charge in [0.25, 0.3) is 5.91 Å². The number of para-hydroxylation sites is 1. The number of aromatic nitrogens is 1. The second kappa shape index (κ2) is 8.14. The maximum atomic E-state index is 13.7. The molecule has 0 saturated carbocycles. The van der Waals surface area contributed by atoms with Crippen molar-refractivity contribution in [1.82, 2.24) is 4.98 Å². The number of anilines is 1. The lowest BCUT2D eigenvalue weighted by Crippen LogP contribution is -2.32. The van der Waals surface area contributed by atoms with Crippen molar-refractivity contribution in [2.45, 2.75) is 26.4 Å². The summed E-state index contributed by atoms with van der Waals surface area (Å²) in [5.74, 6) is -0.0435. The summed E-state index contributed by atoms with van der Waals surface area (Å²) in [6.07, 6.45) is -0.405. The second-order valence-electron chi connectivity index (χ2n) is 5.52. The van der Waals surface area contributed by atoms with E-state index in [0.29, 0.717) is 18.2 Å². The Morgan fingerprint density at radius 1 is 1.27 bits per heavy atom. The number of halogens is 1. The zero-order chi connectivity index (χ0) is 18.5. The Morgan fingerprint density at radius 3 is 2.81 bits per heavy atom. The first-order valence-electron chi connectivity index (χ1n) is 8.36. The number of ether oxygens (including phenoxy) is 2. The average Bonchev–Trinajstić information content (AvgIpc) is 3.02. The smallest absolute Gasteiger partial charge is 0.267 e. The number of rotatable bonds is 7. The molecule has 1 unspecified atom stereocenters. The van der Waals surface area contributed by atoms with Crippen molar-refractivity contribution >= 4 is 32.6 Å². The third kappa shape index (κ3) is 4.11. The molecule has 3 aromatic rings. The number of thiazole rings is 1. The Kier molecular flexibility index (Phi) is 5.68. The van der Waals surface area contributed by atoms with Crippen LogP contribution in [-0.4, -0.2) is 23.6 Å². The summed E-state index contributed by atoms with van der Waals surface area (Å²) >= 11 is 1.35. The van der Waals surface area contributed by atoms with Crippen LogP contribution < -0.4 is 14.8 Å². The van der Waals surface area contributed by atoms with Crippen LogP contribution in [0.3, 0.4) is 0 Å². The van der Waals surface area contributed by atoms with Crippen LogP contribution in [0.4, 0.5) is 9.52 Å². The van der Waals surface area contributed by atoms with E-state index in [9.17, 15) is 9.18 Å². The predicted molar refractivity (Wildman–Crippen MR) is 101 cm³/mol. The molecule has 1 atom stereocenters. The van der Waals surface area contributed by atoms with E-state index in [-0.39, 0.29) is 11.7 Å². The molecule has 0 radical (unpaired) electrons. The minimum Gasteiger partial charge on any atom is -0.494 e. The number of carbonyl (C=O) groups excluding carboxylic acids is 1. The fourth-order valence-corrected chi connectivity index (χ4v) is 3.31. The molecule has 0 aliphatic rings. The first kappa shape index (κ1) is 18.1. The molecule has 0 spiro atoms. The first-order chi connectivity index (χ1) is 12.6. The molecule has 26 heavy (non-hydrogen) atoms. The van der Waals surface area contributed by atoms with Gasteiger partial charge in [-0.15, -0.1) is 0 Å². The highest BCUT2D eigenvalue weighted by atomic mass is 32.1. The largest absolute Gasteiger partial charge is 0.494 e. The quantitative estimate of drug-likeness (QED) is 0.655. The molecule has 0 fully saturated rings. The van der Waals surface area contributed by atoms with Gasteiger partial charge in [0.1, 0.15) is 5.75 Å². The van der Waals surface area contributed by atoms with Crippen LogP contribution in [-0.2, 0) is 4.79 Å². The fraction of sp³-hybridized carbons (Fsp3) is 0.263. The highest BCUT2D eigenvalue weighted by Crippen LogP contribution is 2.29. The predicted octanol–water partition coefficient (Wildman–Crippen LogP) is 4.63. The monoisotopic (exact) mass is 374 g/mol. The minimum atomic E-state index is -0.808. The second-order valence-corrected chi connectivity index (χ2v) is 6.55. The summed E-state index contributed by atoms with van der Waals surface area (Å²) in [7, 11) is 0. The topological polar surface area (TPSA) is 60.5 Å². The van der Waals surface area contributed by atoms with Crippen LogP contribution in [0.1, 0.15) is 20.3 Å². The molecule has 0 aliphatic carbocycles. The van der Waals surface area contributed by atoms with Gasteiger partial charge in [-0.2, -0.15) is 0 Å². The summed E-state index contributed by atoms with van der Waals surface area (Å²) in [4.78, 5) is 16.9. The number of carbonyl (C=O) groups is 1. The molecule has 1 aromatic heterocycles. The number of nitrogens with one attached hydrogen (secondary N) is 1. The van der Waals surface area contributed by atoms with Gasteiger partial charge in [0.15, 0.2) is 22.8 Å². The van der Waals surface area contributed by atoms with E-state index >= 15 is 0 Å². The lowest BCUT2D eigenvalue weighted by Gasteiger charge is -2.16. The van der Waals surface area contributed by atoms with E-state index in [2.05, 4.69) is 10.3 Å². The van der Waals surface area contributed by atoms with Gasteiger partial charge in [-0.3, -0.25) is 10.1 Å². The Hall–Kier alpha value is -2.67. The van der Waals surface area contributed by atoms with Crippen LogP contribution in [0.15, 0.2) is 42.5 Å². The summed E-state index contributed by atoms with van der Waals surface area (Å²) < 4.78 is 25.6. The van der Waals surface area contributed by atoms with E-state index in [0.717, 1.165) is 16.0 Å². The number of amides is 1. The number of fused-ring (bicyclic) bond motifs is 1. The fourth-order valence-electron chi connectivity index (χ4n) is 2.42. The van der Waals surface area contributed by atoms with Gasteiger partial charge >= 0.3 is 0 Å². The maximum Gasteiger partial charge on any atom is 0.267 e. The lowest BCUT2D eigenvalue weighted by molar-refractivity contribution is -0.122. The van der Waals surface area contributed by atoms with Crippen LogP contribution >= 0.6 is 11.3 Å². The number of hydrogen-bond donors (Lipinski definition) is 1. The molecule has 0 bridgehead atoms. The summed E-state index contributed by atoms with van der Waals surface area (Å²) in [5.41, 5.74) is 0.775. The van der Waals surface area contributed by atoms with E-state index in [4.69, 9.17) is 9.47 Å². The standard InChI is InChI=1S/C19H19FN2O3S/c1-3-15(25-16-8-6-5-7-13(16)20)18(23)22-19-21-14-10-9-12(24-4-2)11-17(14)26-19/h5-11,15H,3-4H2,1-2H3,(H,21,22,23). The molecule has 1 N–H and O–H groups in total. The Bertz CT molecular complexity index is 913. The lowest BCUT2D eigenvalue weighted by atomic mass is 10.2. The number of hydrogen-bond acceptors (Lipinski definition) is 5. The Balaban J connectivity index is 1.73.